The summed E-state index contributed by atoms with van der Waals surface area (Å²) in [6, 6.07) is 7.77. The van der Waals surface area contributed by atoms with Crippen LogP contribution in [0.5, 0.6) is 0 Å². The Kier molecular flexibility index (Phi) is 6.20. The first-order valence-corrected chi connectivity index (χ1v) is 10.4. The monoisotopic (exact) mass is 436 g/mol. The normalized spacial score (nSPS) is 13.3. The first-order chi connectivity index (χ1) is 15.4. The lowest BCUT2D eigenvalue weighted by atomic mass is 9.98. The lowest BCUT2D eigenvalue weighted by Crippen LogP contribution is -2.28. The van der Waals surface area contributed by atoms with E-state index >= 15 is 0 Å². The van der Waals surface area contributed by atoms with Gasteiger partial charge in [0.15, 0.2) is 0 Å². The van der Waals surface area contributed by atoms with Crippen LogP contribution in [0.4, 0.5) is 8.78 Å². The van der Waals surface area contributed by atoms with E-state index in [9.17, 15) is 18.4 Å². The van der Waals surface area contributed by atoms with Gasteiger partial charge in [0.1, 0.15) is 17.5 Å². The summed E-state index contributed by atoms with van der Waals surface area (Å²) in [7, 11) is 0. The summed E-state index contributed by atoms with van der Waals surface area (Å²) < 4.78 is 27.8. The van der Waals surface area contributed by atoms with Crippen LogP contribution in [-0.4, -0.2) is 39.8 Å². The second kappa shape index (κ2) is 9.21. The van der Waals surface area contributed by atoms with Gasteiger partial charge in [0, 0.05) is 60.3 Å². The molecule has 3 aromatic rings. The van der Waals surface area contributed by atoms with Crippen molar-refractivity contribution >= 4 is 11.8 Å². The molecule has 0 radical (unpaired) electrons. The number of nitrogens with one attached hydrogen (secondary N) is 1. The fourth-order valence-electron chi connectivity index (χ4n) is 3.66. The summed E-state index contributed by atoms with van der Waals surface area (Å²) in [5, 5.41) is 2.78. The number of amides is 2. The second-order valence-corrected chi connectivity index (χ2v) is 7.74. The Morgan fingerprint density at radius 1 is 1.00 bits per heavy atom. The number of aryl methyl sites for hydroxylation is 1. The number of aromatic nitrogens is 2. The average Bonchev–Trinajstić information content (AvgIpc) is 3.32. The zero-order chi connectivity index (χ0) is 22.7. The summed E-state index contributed by atoms with van der Waals surface area (Å²) in [4.78, 5) is 35.8. The Morgan fingerprint density at radius 3 is 2.38 bits per heavy atom. The number of carbonyl (C=O) groups excluding carboxylic acids is 2. The maximum Gasteiger partial charge on any atom is 0.253 e. The predicted octanol–water partition coefficient (Wildman–Crippen LogP) is 3.90. The zero-order valence-corrected chi connectivity index (χ0v) is 17.6. The first-order valence-electron chi connectivity index (χ1n) is 10.4. The van der Waals surface area contributed by atoms with Gasteiger partial charge in [0.25, 0.3) is 11.8 Å². The van der Waals surface area contributed by atoms with Gasteiger partial charge in [-0.15, -0.1) is 0 Å². The molecule has 0 unspecified atom stereocenters. The Labute approximate surface area is 184 Å². The molecule has 6 nitrogen and oxygen atoms in total. The number of likely N-dealkylation sites (tertiary alicyclic amines) is 1. The van der Waals surface area contributed by atoms with Crippen LogP contribution in [0.25, 0.3) is 11.1 Å². The van der Waals surface area contributed by atoms with Gasteiger partial charge < -0.3 is 10.2 Å². The van der Waals surface area contributed by atoms with Crippen molar-refractivity contribution in [3.8, 4) is 11.1 Å². The van der Waals surface area contributed by atoms with E-state index in [1.54, 1.807) is 30.3 Å². The molecule has 1 fully saturated rings. The highest BCUT2D eigenvalue weighted by molar-refractivity contribution is 6.01. The topological polar surface area (TPSA) is 75.2 Å². The summed E-state index contributed by atoms with van der Waals surface area (Å²) in [5.41, 5.74) is 1.66. The highest BCUT2D eigenvalue weighted by atomic mass is 19.1. The number of benzene rings is 2. The van der Waals surface area contributed by atoms with Gasteiger partial charge in [-0.1, -0.05) is 0 Å². The van der Waals surface area contributed by atoms with E-state index in [0.29, 0.717) is 24.5 Å². The van der Waals surface area contributed by atoms with Crippen LogP contribution >= 0.6 is 0 Å². The van der Waals surface area contributed by atoms with Crippen molar-refractivity contribution < 1.29 is 18.4 Å². The quantitative estimate of drug-likeness (QED) is 0.658. The van der Waals surface area contributed by atoms with Gasteiger partial charge in [0.2, 0.25) is 0 Å². The molecule has 0 saturated carbocycles. The third kappa shape index (κ3) is 4.80. The van der Waals surface area contributed by atoms with Crippen molar-refractivity contribution in [2.45, 2.75) is 26.3 Å². The summed E-state index contributed by atoms with van der Waals surface area (Å²) in [5.74, 6) is -1.48. The van der Waals surface area contributed by atoms with Gasteiger partial charge in [-0.25, -0.2) is 18.7 Å². The molecular formula is C24H22F2N4O2. The summed E-state index contributed by atoms with van der Waals surface area (Å²) >= 11 is 0. The molecule has 32 heavy (non-hydrogen) atoms. The van der Waals surface area contributed by atoms with Crippen molar-refractivity contribution in [2.24, 2.45) is 0 Å². The van der Waals surface area contributed by atoms with E-state index in [0.717, 1.165) is 30.5 Å². The van der Waals surface area contributed by atoms with Gasteiger partial charge in [-0.2, -0.15) is 0 Å². The molecule has 4 rings (SSSR count). The van der Waals surface area contributed by atoms with E-state index in [2.05, 4.69) is 15.3 Å². The molecule has 0 spiro atoms. The van der Waals surface area contributed by atoms with E-state index < -0.39 is 17.5 Å². The Morgan fingerprint density at radius 2 is 1.69 bits per heavy atom. The van der Waals surface area contributed by atoms with Gasteiger partial charge in [-0.3, -0.25) is 9.59 Å². The largest absolute Gasteiger partial charge is 0.348 e. The van der Waals surface area contributed by atoms with E-state index in [1.807, 2.05) is 0 Å². The molecule has 0 aliphatic carbocycles. The number of halogens is 2. The Bertz CT molecular complexity index is 1160. The van der Waals surface area contributed by atoms with Gasteiger partial charge in [-0.05, 0) is 55.7 Å². The molecule has 1 N–H and O–H groups in total. The Hall–Kier alpha value is -3.68. The molecule has 2 amide bonds. The van der Waals surface area contributed by atoms with Crippen molar-refractivity contribution in [1.29, 1.82) is 0 Å². The molecular weight excluding hydrogens is 414 g/mol. The molecule has 0 atom stereocenters. The third-order valence-electron chi connectivity index (χ3n) is 5.37. The highest BCUT2D eigenvalue weighted by Gasteiger charge is 2.22. The fourth-order valence-corrected chi connectivity index (χ4v) is 3.66. The van der Waals surface area contributed by atoms with Crippen LogP contribution < -0.4 is 5.32 Å². The molecule has 1 aromatic heterocycles. The van der Waals surface area contributed by atoms with Gasteiger partial charge in [0.05, 0.1) is 0 Å². The molecule has 2 aromatic carbocycles. The van der Waals surface area contributed by atoms with Gasteiger partial charge >= 0.3 is 0 Å². The average molecular weight is 436 g/mol. The van der Waals surface area contributed by atoms with Crippen LogP contribution in [0.15, 0.2) is 48.8 Å². The van der Waals surface area contributed by atoms with Crippen LogP contribution in [0.1, 0.15) is 44.9 Å². The van der Waals surface area contributed by atoms with Crippen LogP contribution in [-0.2, 0) is 6.54 Å². The van der Waals surface area contributed by atoms with Crippen LogP contribution in [0, 0.1) is 18.6 Å². The van der Waals surface area contributed by atoms with Crippen LogP contribution in [0.3, 0.4) is 0 Å². The molecule has 1 saturated heterocycles. The molecule has 1 aliphatic rings. The highest BCUT2D eigenvalue weighted by Crippen LogP contribution is 2.27. The third-order valence-corrected chi connectivity index (χ3v) is 5.37. The second-order valence-electron chi connectivity index (χ2n) is 7.74. The minimum atomic E-state index is -0.765. The first kappa shape index (κ1) is 21.5. The number of nitrogens with zero attached hydrogens (tertiary/aromatic N) is 3. The van der Waals surface area contributed by atoms with E-state index in [1.165, 1.54) is 18.2 Å². The fraction of sp³-hybridized carbons (Fsp3) is 0.250. The van der Waals surface area contributed by atoms with Crippen molar-refractivity contribution in [2.75, 3.05) is 13.1 Å². The molecule has 164 valence electrons. The van der Waals surface area contributed by atoms with Crippen molar-refractivity contribution in [3.05, 3.63) is 82.9 Å². The number of hydrogen-bond donors (Lipinski definition) is 1. The van der Waals surface area contributed by atoms with Crippen molar-refractivity contribution in [1.82, 2.24) is 20.2 Å². The van der Waals surface area contributed by atoms with Crippen LogP contribution in [0.2, 0.25) is 0 Å². The maximum absolute atomic E-state index is 14.5. The number of carbonyl (C=O) groups is 2. The summed E-state index contributed by atoms with van der Waals surface area (Å²) in [6.07, 6.45) is 5.08. The Balaban J connectivity index is 1.66. The molecule has 2 heterocycles. The minimum Gasteiger partial charge on any atom is -0.348 e. The van der Waals surface area contributed by atoms with Crippen molar-refractivity contribution in [3.63, 3.8) is 0 Å². The van der Waals surface area contributed by atoms with E-state index in [4.69, 9.17) is 0 Å². The zero-order valence-electron chi connectivity index (χ0n) is 17.6. The SMILES string of the molecule is Cc1ncc(CNC(=O)c2cc(C(=O)N3CCCC3)cc(-c3ccc(F)cc3F)c2)cn1. The number of hydrogen-bond acceptors (Lipinski definition) is 4. The minimum absolute atomic E-state index is 0.114. The predicted molar refractivity (Wildman–Crippen MR) is 115 cm³/mol. The molecule has 0 bridgehead atoms. The lowest BCUT2D eigenvalue weighted by molar-refractivity contribution is 0.0793. The standard InChI is InChI=1S/C24H22F2N4O2/c1-15-27-12-16(13-28-15)14-29-23(31)18-8-17(21-5-4-20(25)11-22(21)26)9-19(10-18)24(32)30-6-2-3-7-30/h4-5,8-13H,2-3,6-7,14H2,1H3,(H,29,31). The lowest BCUT2D eigenvalue weighted by Gasteiger charge is -2.17. The maximum atomic E-state index is 14.5. The smallest absolute Gasteiger partial charge is 0.253 e. The summed E-state index contributed by atoms with van der Waals surface area (Å²) in [6.45, 7) is 3.25. The molecule has 1 aliphatic heterocycles. The van der Waals surface area contributed by atoms with E-state index in [-0.39, 0.29) is 29.1 Å². The number of rotatable bonds is 5. The molecule has 8 heteroatoms.